The quantitative estimate of drug-likeness (QED) is 0.908. The van der Waals surface area contributed by atoms with Gasteiger partial charge < -0.3 is 10.1 Å². The minimum absolute atomic E-state index is 0.0774. The highest BCUT2D eigenvalue weighted by atomic mass is 16.5. The first-order valence-corrected chi connectivity index (χ1v) is 6.89. The third-order valence-electron chi connectivity index (χ3n) is 4.17. The van der Waals surface area contributed by atoms with Gasteiger partial charge in [-0.2, -0.15) is 0 Å². The lowest BCUT2D eigenvalue weighted by Gasteiger charge is -2.29. The molecule has 0 spiro atoms. The molecule has 0 aromatic heterocycles. The number of amides is 1. The van der Waals surface area contributed by atoms with Gasteiger partial charge >= 0.3 is 0 Å². The highest BCUT2D eigenvalue weighted by Gasteiger charge is 2.38. The summed E-state index contributed by atoms with van der Waals surface area (Å²) in [5.74, 6) is 0.0774. The van der Waals surface area contributed by atoms with E-state index in [-0.39, 0.29) is 17.6 Å². The highest BCUT2D eigenvalue weighted by molar-refractivity contribution is 5.79. The standard InChI is InChI=1S/C16H23NO2/c1-11-5-6-12(2)14(9-11)10-15(18)17-16(4)7-8-19-13(16)3/h5-6,9,13H,7-8,10H2,1-4H3,(H,17,18)/t13-,16+/m0/s1. The van der Waals surface area contributed by atoms with Crippen molar-refractivity contribution in [3.8, 4) is 0 Å². The van der Waals surface area contributed by atoms with Crippen LogP contribution in [-0.2, 0) is 16.0 Å². The normalized spacial score (nSPS) is 26.4. The lowest BCUT2D eigenvalue weighted by Crippen LogP contribution is -2.51. The Bertz CT molecular complexity index is 484. The van der Waals surface area contributed by atoms with Crippen LogP contribution in [0.3, 0.4) is 0 Å². The summed E-state index contributed by atoms with van der Waals surface area (Å²) >= 11 is 0. The number of hydrogen-bond donors (Lipinski definition) is 1. The largest absolute Gasteiger partial charge is 0.376 e. The zero-order valence-corrected chi connectivity index (χ0v) is 12.2. The minimum atomic E-state index is -0.227. The summed E-state index contributed by atoms with van der Waals surface area (Å²) in [5.41, 5.74) is 3.24. The molecular weight excluding hydrogens is 238 g/mol. The fourth-order valence-corrected chi connectivity index (χ4v) is 2.53. The van der Waals surface area contributed by atoms with E-state index in [0.717, 1.165) is 18.6 Å². The van der Waals surface area contributed by atoms with Crippen LogP contribution in [0.5, 0.6) is 0 Å². The molecule has 0 saturated carbocycles. The number of rotatable bonds is 3. The second-order valence-electron chi connectivity index (χ2n) is 5.84. The van der Waals surface area contributed by atoms with Crippen molar-refractivity contribution in [2.24, 2.45) is 0 Å². The van der Waals surface area contributed by atoms with E-state index in [4.69, 9.17) is 4.74 Å². The van der Waals surface area contributed by atoms with Crippen molar-refractivity contribution in [2.45, 2.75) is 52.2 Å². The molecule has 19 heavy (non-hydrogen) atoms. The second-order valence-corrected chi connectivity index (χ2v) is 5.84. The summed E-state index contributed by atoms with van der Waals surface area (Å²) in [7, 11) is 0. The molecule has 3 nitrogen and oxygen atoms in total. The monoisotopic (exact) mass is 261 g/mol. The Morgan fingerprint density at radius 1 is 1.47 bits per heavy atom. The summed E-state index contributed by atoms with van der Waals surface area (Å²) in [4.78, 5) is 12.2. The second kappa shape index (κ2) is 5.33. The number of carbonyl (C=O) groups excluding carboxylic acids is 1. The minimum Gasteiger partial charge on any atom is -0.376 e. The van der Waals surface area contributed by atoms with E-state index in [2.05, 4.69) is 37.4 Å². The highest BCUT2D eigenvalue weighted by Crippen LogP contribution is 2.25. The van der Waals surface area contributed by atoms with Crippen LogP contribution in [0.2, 0.25) is 0 Å². The average Bonchev–Trinajstić information content (AvgIpc) is 2.64. The lowest BCUT2D eigenvalue weighted by molar-refractivity contribution is -0.122. The van der Waals surface area contributed by atoms with E-state index in [1.165, 1.54) is 11.1 Å². The molecule has 104 valence electrons. The third-order valence-corrected chi connectivity index (χ3v) is 4.17. The van der Waals surface area contributed by atoms with Crippen LogP contribution in [0, 0.1) is 13.8 Å². The maximum Gasteiger partial charge on any atom is 0.224 e. The van der Waals surface area contributed by atoms with Gasteiger partial charge in [0, 0.05) is 6.61 Å². The van der Waals surface area contributed by atoms with Gasteiger partial charge in [-0.15, -0.1) is 0 Å². The van der Waals surface area contributed by atoms with Gasteiger partial charge in [-0.05, 0) is 45.2 Å². The van der Waals surface area contributed by atoms with Crippen molar-refractivity contribution < 1.29 is 9.53 Å². The van der Waals surface area contributed by atoms with E-state index >= 15 is 0 Å². The van der Waals surface area contributed by atoms with Crippen LogP contribution in [0.25, 0.3) is 0 Å². The van der Waals surface area contributed by atoms with Gasteiger partial charge in [-0.3, -0.25) is 4.79 Å². The average molecular weight is 261 g/mol. The van der Waals surface area contributed by atoms with Crippen molar-refractivity contribution in [2.75, 3.05) is 6.61 Å². The van der Waals surface area contributed by atoms with E-state index in [1.54, 1.807) is 0 Å². The molecule has 0 bridgehead atoms. The van der Waals surface area contributed by atoms with E-state index in [1.807, 2.05) is 13.8 Å². The van der Waals surface area contributed by atoms with Gasteiger partial charge in [-0.25, -0.2) is 0 Å². The SMILES string of the molecule is Cc1ccc(C)c(CC(=O)N[C@]2(C)CCO[C@H]2C)c1. The molecule has 0 unspecified atom stereocenters. The molecule has 1 aliphatic heterocycles. The van der Waals surface area contributed by atoms with Gasteiger partial charge in [0.25, 0.3) is 0 Å². The van der Waals surface area contributed by atoms with Gasteiger partial charge in [-0.1, -0.05) is 23.8 Å². The maximum absolute atomic E-state index is 12.2. The van der Waals surface area contributed by atoms with Gasteiger partial charge in [0.15, 0.2) is 0 Å². The Labute approximate surface area is 115 Å². The van der Waals surface area contributed by atoms with Gasteiger partial charge in [0.1, 0.15) is 0 Å². The van der Waals surface area contributed by atoms with Crippen LogP contribution in [0.15, 0.2) is 18.2 Å². The predicted octanol–water partition coefficient (Wildman–Crippen LogP) is 2.53. The number of benzene rings is 1. The molecule has 0 aliphatic carbocycles. The Morgan fingerprint density at radius 2 is 2.21 bits per heavy atom. The number of carbonyl (C=O) groups is 1. The van der Waals surface area contributed by atoms with Crippen molar-refractivity contribution in [1.82, 2.24) is 5.32 Å². The Kier molecular flexibility index (Phi) is 3.95. The summed E-state index contributed by atoms with van der Waals surface area (Å²) < 4.78 is 5.55. The molecule has 1 fully saturated rings. The third kappa shape index (κ3) is 3.16. The van der Waals surface area contributed by atoms with Crippen LogP contribution in [-0.4, -0.2) is 24.2 Å². The first-order valence-electron chi connectivity index (χ1n) is 6.89. The molecule has 1 saturated heterocycles. The lowest BCUT2D eigenvalue weighted by atomic mass is 9.94. The van der Waals surface area contributed by atoms with E-state index < -0.39 is 0 Å². The molecule has 1 N–H and O–H groups in total. The number of hydrogen-bond acceptors (Lipinski definition) is 2. The molecule has 0 radical (unpaired) electrons. The molecule has 1 amide bonds. The van der Waals surface area contributed by atoms with Gasteiger partial charge in [0.2, 0.25) is 5.91 Å². The smallest absolute Gasteiger partial charge is 0.224 e. The molecule has 3 heteroatoms. The first-order chi connectivity index (χ1) is 8.90. The van der Waals surface area contributed by atoms with Crippen molar-refractivity contribution >= 4 is 5.91 Å². The Hall–Kier alpha value is -1.35. The fourth-order valence-electron chi connectivity index (χ4n) is 2.53. The zero-order valence-electron chi connectivity index (χ0n) is 12.2. The van der Waals surface area contributed by atoms with E-state index in [0.29, 0.717) is 6.42 Å². The van der Waals surface area contributed by atoms with Crippen molar-refractivity contribution in [1.29, 1.82) is 0 Å². The molecule has 2 rings (SSSR count). The van der Waals surface area contributed by atoms with Crippen LogP contribution in [0.1, 0.15) is 37.0 Å². The fraction of sp³-hybridized carbons (Fsp3) is 0.562. The molecular formula is C16H23NO2. The number of nitrogens with one attached hydrogen (secondary N) is 1. The predicted molar refractivity (Wildman–Crippen MR) is 76.2 cm³/mol. The topological polar surface area (TPSA) is 38.3 Å². The Balaban J connectivity index is 2.03. The molecule has 1 aliphatic rings. The number of ether oxygens (including phenoxy) is 1. The zero-order chi connectivity index (χ0) is 14.0. The summed E-state index contributed by atoms with van der Waals surface area (Å²) in [6, 6.07) is 6.23. The summed E-state index contributed by atoms with van der Waals surface area (Å²) in [6.07, 6.45) is 1.40. The van der Waals surface area contributed by atoms with Gasteiger partial charge in [0.05, 0.1) is 18.1 Å². The van der Waals surface area contributed by atoms with Crippen LogP contribution < -0.4 is 5.32 Å². The Morgan fingerprint density at radius 3 is 2.84 bits per heavy atom. The molecule has 1 heterocycles. The molecule has 1 aromatic carbocycles. The van der Waals surface area contributed by atoms with Crippen molar-refractivity contribution in [3.63, 3.8) is 0 Å². The first kappa shape index (κ1) is 14.1. The molecule has 2 atom stereocenters. The molecule has 1 aromatic rings. The maximum atomic E-state index is 12.2. The number of aryl methyl sites for hydroxylation is 2. The van der Waals surface area contributed by atoms with E-state index in [9.17, 15) is 4.79 Å². The van der Waals surface area contributed by atoms with Crippen molar-refractivity contribution in [3.05, 3.63) is 34.9 Å². The van der Waals surface area contributed by atoms with Crippen LogP contribution in [0.4, 0.5) is 0 Å². The van der Waals surface area contributed by atoms with Crippen LogP contribution >= 0.6 is 0 Å². The summed E-state index contributed by atoms with van der Waals surface area (Å²) in [6.45, 7) is 8.90. The summed E-state index contributed by atoms with van der Waals surface area (Å²) in [5, 5.41) is 3.14.